The average Bonchev–Trinajstić information content (AvgIpc) is 2.14. The van der Waals surface area contributed by atoms with Crippen LogP contribution in [0.15, 0.2) is 24.3 Å². The second kappa shape index (κ2) is 4.43. The van der Waals surface area contributed by atoms with E-state index in [9.17, 15) is 13.2 Å². The van der Waals surface area contributed by atoms with Crippen molar-refractivity contribution in [1.29, 1.82) is 0 Å². The van der Waals surface area contributed by atoms with Crippen molar-refractivity contribution in [3.05, 3.63) is 35.4 Å². The van der Waals surface area contributed by atoms with E-state index in [-0.39, 0.29) is 12.2 Å². The highest BCUT2D eigenvalue weighted by molar-refractivity contribution is 5.28. The average molecular weight is 205 g/mol. The summed E-state index contributed by atoms with van der Waals surface area (Å²) in [6, 6.07) is 5.32. The van der Waals surface area contributed by atoms with Gasteiger partial charge in [-0.15, -0.1) is 0 Å². The van der Waals surface area contributed by atoms with Crippen LogP contribution in [0.2, 0.25) is 0 Å². The van der Waals surface area contributed by atoms with Gasteiger partial charge in [-0.25, -0.2) is 5.48 Å². The van der Waals surface area contributed by atoms with Gasteiger partial charge in [0.2, 0.25) is 0 Å². The molecule has 0 fully saturated rings. The van der Waals surface area contributed by atoms with Gasteiger partial charge in [-0.2, -0.15) is 13.2 Å². The molecule has 1 aromatic rings. The van der Waals surface area contributed by atoms with E-state index in [1.54, 1.807) is 6.07 Å². The molecule has 2 nitrogen and oxygen atoms in total. The van der Waals surface area contributed by atoms with Crippen LogP contribution in [0.5, 0.6) is 0 Å². The number of alkyl halides is 3. The van der Waals surface area contributed by atoms with Crippen LogP contribution in [0.3, 0.4) is 0 Å². The molecule has 78 valence electrons. The highest BCUT2D eigenvalue weighted by atomic mass is 19.4. The van der Waals surface area contributed by atoms with Crippen LogP contribution in [-0.2, 0) is 17.6 Å². The molecule has 0 saturated carbocycles. The molecule has 0 aliphatic carbocycles. The number of benzene rings is 1. The Kier molecular flexibility index (Phi) is 3.49. The van der Waals surface area contributed by atoms with E-state index in [2.05, 4.69) is 5.48 Å². The lowest BCUT2D eigenvalue weighted by atomic mass is 10.1. The van der Waals surface area contributed by atoms with Gasteiger partial charge in [0.05, 0.1) is 12.2 Å². The first-order chi connectivity index (χ1) is 6.55. The highest BCUT2D eigenvalue weighted by Gasteiger charge is 2.32. The van der Waals surface area contributed by atoms with Crippen molar-refractivity contribution in [2.45, 2.75) is 12.8 Å². The van der Waals surface area contributed by atoms with Gasteiger partial charge in [0, 0.05) is 7.05 Å². The summed E-state index contributed by atoms with van der Waals surface area (Å²) < 4.78 is 37.2. The van der Waals surface area contributed by atoms with Gasteiger partial charge in [-0.05, 0) is 11.6 Å². The molecule has 0 aliphatic rings. The van der Waals surface area contributed by atoms with Gasteiger partial charge in [0.25, 0.3) is 0 Å². The van der Waals surface area contributed by atoms with Gasteiger partial charge in [0.1, 0.15) is 0 Å². The molecule has 14 heavy (non-hydrogen) atoms. The van der Waals surface area contributed by atoms with Crippen molar-refractivity contribution in [2.24, 2.45) is 0 Å². The standard InChI is InChI=1S/C9H10F3NO/c1-13-14-6-7-4-2-3-5-8(7)9(10,11)12/h2-5,13H,6H2,1H3. The number of nitrogens with one attached hydrogen (secondary N) is 1. The molecule has 0 bridgehead atoms. The first-order valence-corrected chi connectivity index (χ1v) is 3.99. The first-order valence-electron chi connectivity index (χ1n) is 3.99. The Morgan fingerprint density at radius 2 is 1.93 bits per heavy atom. The van der Waals surface area contributed by atoms with Crippen LogP contribution < -0.4 is 5.48 Å². The maximum absolute atomic E-state index is 12.4. The normalized spacial score (nSPS) is 11.7. The minimum Gasteiger partial charge on any atom is -0.297 e. The largest absolute Gasteiger partial charge is 0.416 e. The van der Waals surface area contributed by atoms with E-state index in [0.717, 1.165) is 6.07 Å². The topological polar surface area (TPSA) is 21.3 Å². The van der Waals surface area contributed by atoms with E-state index in [1.165, 1.54) is 19.2 Å². The number of hydrogen-bond acceptors (Lipinski definition) is 2. The lowest BCUT2D eigenvalue weighted by Crippen LogP contribution is -2.13. The zero-order valence-electron chi connectivity index (χ0n) is 7.56. The second-order valence-electron chi connectivity index (χ2n) is 2.65. The number of hydroxylamine groups is 1. The van der Waals surface area contributed by atoms with E-state index < -0.39 is 11.7 Å². The quantitative estimate of drug-likeness (QED) is 0.765. The van der Waals surface area contributed by atoms with Crippen LogP contribution in [0.1, 0.15) is 11.1 Å². The van der Waals surface area contributed by atoms with Crippen molar-refractivity contribution >= 4 is 0 Å². The van der Waals surface area contributed by atoms with E-state index >= 15 is 0 Å². The molecule has 0 unspecified atom stereocenters. The Balaban J connectivity index is 2.92. The van der Waals surface area contributed by atoms with Gasteiger partial charge in [0.15, 0.2) is 0 Å². The molecule has 0 amide bonds. The second-order valence-corrected chi connectivity index (χ2v) is 2.65. The van der Waals surface area contributed by atoms with Gasteiger partial charge in [-0.3, -0.25) is 4.84 Å². The van der Waals surface area contributed by atoms with Gasteiger partial charge >= 0.3 is 6.18 Å². The maximum Gasteiger partial charge on any atom is 0.416 e. The third-order valence-corrected chi connectivity index (χ3v) is 1.69. The molecule has 1 N–H and O–H groups in total. The lowest BCUT2D eigenvalue weighted by molar-refractivity contribution is -0.139. The zero-order chi connectivity index (χ0) is 10.6. The van der Waals surface area contributed by atoms with Crippen LogP contribution >= 0.6 is 0 Å². The molecule has 0 heterocycles. The van der Waals surface area contributed by atoms with Gasteiger partial charge in [-0.1, -0.05) is 18.2 Å². The fraction of sp³-hybridized carbons (Fsp3) is 0.333. The SMILES string of the molecule is CNOCc1ccccc1C(F)(F)F. The molecule has 5 heteroatoms. The van der Waals surface area contributed by atoms with Crippen molar-refractivity contribution in [1.82, 2.24) is 5.48 Å². The number of halogens is 3. The third-order valence-electron chi connectivity index (χ3n) is 1.69. The minimum atomic E-state index is -4.33. The fourth-order valence-corrected chi connectivity index (χ4v) is 1.07. The van der Waals surface area contributed by atoms with Crippen LogP contribution in [0.4, 0.5) is 13.2 Å². The predicted molar refractivity (Wildman–Crippen MR) is 45.3 cm³/mol. The Morgan fingerprint density at radius 3 is 2.50 bits per heavy atom. The summed E-state index contributed by atoms with van der Waals surface area (Å²) in [7, 11) is 1.50. The summed E-state index contributed by atoms with van der Waals surface area (Å²) in [4.78, 5) is 4.71. The molecular weight excluding hydrogens is 195 g/mol. The molecule has 1 aromatic carbocycles. The number of rotatable bonds is 3. The van der Waals surface area contributed by atoms with E-state index in [4.69, 9.17) is 4.84 Å². The van der Waals surface area contributed by atoms with Crippen molar-refractivity contribution in [3.8, 4) is 0 Å². The minimum absolute atomic E-state index is 0.105. The molecule has 0 radical (unpaired) electrons. The Bertz CT molecular complexity index is 298. The summed E-state index contributed by atoms with van der Waals surface area (Å²) >= 11 is 0. The summed E-state index contributed by atoms with van der Waals surface area (Å²) in [6.07, 6.45) is -4.33. The summed E-state index contributed by atoms with van der Waals surface area (Å²) in [5, 5.41) is 0. The van der Waals surface area contributed by atoms with E-state index in [1.807, 2.05) is 0 Å². The summed E-state index contributed by atoms with van der Waals surface area (Å²) in [6.45, 7) is -0.105. The van der Waals surface area contributed by atoms with Crippen molar-refractivity contribution in [3.63, 3.8) is 0 Å². The van der Waals surface area contributed by atoms with Crippen molar-refractivity contribution in [2.75, 3.05) is 7.05 Å². The molecular formula is C9H10F3NO. The highest BCUT2D eigenvalue weighted by Crippen LogP contribution is 2.31. The zero-order valence-corrected chi connectivity index (χ0v) is 7.56. The summed E-state index contributed by atoms with van der Waals surface area (Å²) in [5.74, 6) is 0. The third kappa shape index (κ3) is 2.71. The maximum atomic E-state index is 12.4. The first kappa shape index (κ1) is 11.0. The Hall–Kier alpha value is -1.07. The number of hydrogen-bond donors (Lipinski definition) is 1. The summed E-state index contributed by atoms with van der Waals surface area (Å²) in [5.41, 5.74) is 1.79. The Labute approximate surface area is 79.6 Å². The molecule has 0 atom stereocenters. The van der Waals surface area contributed by atoms with Crippen LogP contribution in [0, 0.1) is 0 Å². The smallest absolute Gasteiger partial charge is 0.297 e. The lowest BCUT2D eigenvalue weighted by Gasteiger charge is -2.11. The Morgan fingerprint density at radius 1 is 1.29 bits per heavy atom. The molecule has 0 saturated heterocycles. The van der Waals surface area contributed by atoms with Gasteiger partial charge < -0.3 is 0 Å². The van der Waals surface area contributed by atoms with Crippen molar-refractivity contribution < 1.29 is 18.0 Å². The molecule has 0 spiro atoms. The molecule has 0 aromatic heterocycles. The molecule has 0 aliphatic heterocycles. The predicted octanol–water partition coefficient (Wildman–Crippen LogP) is 2.36. The van der Waals surface area contributed by atoms with Crippen LogP contribution in [-0.4, -0.2) is 7.05 Å². The van der Waals surface area contributed by atoms with Crippen LogP contribution in [0.25, 0.3) is 0 Å². The fourth-order valence-electron chi connectivity index (χ4n) is 1.07. The monoisotopic (exact) mass is 205 g/mol. The molecule has 1 rings (SSSR count). The van der Waals surface area contributed by atoms with E-state index in [0.29, 0.717) is 0 Å².